The second-order valence-electron chi connectivity index (χ2n) is 4.00. The lowest BCUT2D eigenvalue weighted by molar-refractivity contribution is 0.165. The Bertz CT molecular complexity index is 234. The van der Waals surface area contributed by atoms with Crippen molar-refractivity contribution in [1.82, 2.24) is 25.1 Å². The molecule has 0 saturated carbocycles. The van der Waals surface area contributed by atoms with Crippen LogP contribution in [0.4, 0.5) is 0 Å². The van der Waals surface area contributed by atoms with Gasteiger partial charge in [-0.25, -0.2) is 4.68 Å². The minimum atomic E-state index is 0.562. The Kier molecular flexibility index (Phi) is 4.00. The van der Waals surface area contributed by atoms with Crippen LogP contribution in [-0.4, -0.2) is 43.7 Å². The normalized spacial score (nSPS) is 11.9. The zero-order valence-electron chi connectivity index (χ0n) is 9.38. The maximum Gasteiger partial charge on any atom is 0.138 e. The molecule has 0 N–H and O–H groups in total. The van der Waals surface area contributed by atoms with Crippen LogP contribution in [0.15, 0.2) is 6.33 Å². The Labute approximate surface area is 85.1 Å². The number of aromatic nitrogens is 4. The second kappa shape index (κ2) is 5.05. The molecule has 0 aliphatic heterocycles. The third kappa shape index (κ3) is 3.06. The van der Waals surface area contributed by atoms with Gasteiger partial charge in [0, 0.05) is 18.6 Å². The molecule has 0 spiro atoms. The van der Waals surface area contributed by atoms with E-state index < -0.39 is 0 Å². The molecule has 0 saturated heterocycles. The summed E-state index contributed by atoms with van der Waals surface area (Å²) in [4.78, 5) is 2.42. The summed E-state index contributed by atoms with van der Waals surface area (Å²) < 4.78 is 1.76. The Morgan fingerprint density at radius 3 is 2.29 bits per heavy atom. The van der Waals surface area contributed by atoms with Crippen LogP contribution in [0.2, 0.25) is 0 Å². The molecule has 1 aromatic heterocycles. The average Bonchev–Trinajstić information content (AvgIpc) is 2.55. The molecule has 0 aromatic carbocycles. The smallest absolute Gasteiger partial charge is 0.138 e. The maximum absolute atomic E-state index is 3.84. The number of nitrogens with zero attached hydrogens (tertiary/aromatic N) is 5. The number of rotatable bonds is 5. The van der Waals surface area contributed by atoms with Gasteiger partial charge in [0.25, 0.3) is 0 Å². The predicted molar refractivity (Wildman–Crippen MR) is 54.8 cm³/mol. The van der Waals surface area contributed by atoms with Crippen molar-refractivity contribution in [3.05, 3.63) is 6.33 Å². The third-order valence-corrected chi connectivity index (χ3v) is 2.31. The number of tetrazole rings is 1. The van der Waals surface area contributed by atoms with E-state index in [4.69, 9.17) is 0 Å². The fourth-order valence-corrected chi connectivity index (χ4v) is 1.61. The molecule has 1 heterocycles. The molecular formula is C9H19N5. The van der Waals surface area contributed by atoms with Crippen molar-refractivity contribution < 1.29 is 0 Å². The topological polar surface area (TPSA) is 46.8 Å². The Morgan fingerprint density at radius 1 is 1.21 bits per heavy atom. The van der Waals surface area contributed by atoms with Gasteiger partial charge in [0.2, 0.25) is 0 Å². The lowest BCUT2D eigenvalue weighted by Crippen LogP contribution is -2.39. The molecule has 0 bridgehead atoms. The summed E-state index contributed by atoms with van der Waals surface area (Å²) >= 11 is 0. The van der Waals surface area contributed by atoms with Gasteiger partial charge < -0.3 is 0 Å². The minimum Gasteiger partial charge on any atom is -0.297 e. The number of hydrogen-bond acceptors (Lipinski definition) is 4. The molecule has 14 heavy (non-hydrogen) atoms. The Morgan fingerprint density at radius 2 is 1.86 bits per heavy atom. The van der Waals surface area contributed by atoms with Crippen LogP contribution in [0, 0.1) is 0 Å². The van der Waals surface area contributed by atoms with Crippen LogP contribution in [0.3, 0.4) is 0 Å². The Hall–Kier alpha value is -0.970. The predicted octanol–water partition coefficient (Wildman–Crippen LogP) is 0.792. The van der Waals surface area contributed by atoms with E-state index in [2.05, 4.69) is 48.1 Å². The van der Waals surface area contributed by atoms with E-state index in [9.17, 15) is 0 Å². The first-order valence-corrected chi connectivity index (χ1v) is 5.07. The van der Waals surface area contributed by atoms with E-state index in [1.54, 1.807) is 11.0 Å². The van der Waals surface area contributed by atoms with Crippen LogP contribution >= 0.6 is 0 Å². The molecule has 0 atom stereocenters. The van der Waals surface area contributed by atoms with Gasteiger partial charge in [-0.2, -0.15) is 0 Å². The summed E-state index contributed by atoms with van der Waals surface area (Å²) in [6, 6.07) is 1.12. The van der Waals surface area contributed by atoms with Crippen molar-refractivity contribution in [2.24, 2.45) is 0 Å². The molecule has 0 aliphatic carbocycles. The van der Waals surface area contributed by atoms with Crippen LogP contribution in [0.5, 0.6) is 0 Å². The molecule has 1 rings (SSSR count). The second-order valence-corrected chi connectivity index (χ2v) is 4.00. The van der Waals surface area contributed by atoms with E-state index in [1.165, 1.54) is 0 Å². The van der Waals surface area contributed by atoms with Crippen molar-refractivity contribution >= 4 is 0 Å². The average molecular weight is 197 g/mol. The molecule has 5 heteroatoms. The molecule has 0 fully saturated rings. The fraction of sp³-hybridized carbons (Fsp3) is 0.889. The summed E-state index contributed by atoms with van der Waals surface area (Å²) in [6.45, 7) is 10.7. The summed E-state index contributed by atoms with van der Waals surface area (Å²) in [5.74, 6) is 0. The number of hydrogen-bond donors (Lipinski definition) is 0. The van der Waals surface area contributed by atoms with Gasteiger partial charge in [-0.15, -0.1) is 5.10 Å². The lowest BCUT2D eigenvalue weighted by atomic mass is 10.2. The molecular weight excluding hydrogens is 178 g/mol. The van der Waals surface area contributed by atoms with E-state index >= 15 is 0 Å². The maximum atomic E-state index is 3.84. The van der Waals surface area contributed by atoms with Crippen LogP contribution in [0.25, 0.3) is 0 Å². The summed E-state index contributed by atoms with van der Waals surface area (Å²) in [5, 5.41) is 11.0. The zero-order valence-corrected chi connectivity index (χ0v) is 9.38. The molecule has 0 aliphatic rings. The summed E-state index contributed by atoms with van der Waals surface area (Å²) in [7, 11) is 0. The first-order chi connectivity index (χ1) is 6.61. The monoisotopic (exact) mass is 197 g/mol. The zero-order chi connectivity index (χ0) is 10.6. The molecule has 0 amide bonds. The van der Waals surface area contributed by atoms with Gasteiger partial charge in [0.05, 0.1) is 6.54 Å². The molecule has 0 unspecified atom stereocenters. The van der Waals surface area contributed by atoms with Crippen molar-refractivity contribution in [2.45, 2.75) is 46.3 Å². The first-order valence-electron chi connectivity index (χ1n) is 5.07. The Balaban J connectivity index is 2.41. The van der Waals surface area contributed by atoms with Gasteiger partial charge in [-0.1, -0.05) is 0 Å². The first kappa shape index (κ1) is 11.1. The van der Waals surface area contributed by atoms with Crippen molar-refractivity contribution in [3.63, 3.8) is 0 Å². The fourth-order valence-electron chi connectivity index (χ4n) is 1.61. The molecule has 5 nitrogen and oxygen atoms in total. The van der Waals surface area contributed by atoms with E-state index in [0.717, 1.165) is 13.1 Å². The van der Waals surface area contributed by atoms with Gasteiger partial charge >= 0.3 is 0 Å². The van der Waals surface area contributed by atoms with Crippen LogP contribution in [0.1, 0.15) is 27.7 Å². The van der Waals surface area contributed by atoms with Crippen molar-refractivity contribution in [2.75, 3.05) is 6.54 Å². The van der Waals surface area contributed by atoms with E-state index in [1.807, 2.05) is 0 Å². The van der Waals surface area contributed by atoms with Crippen molar-refractivity contribution in [3.8, 4) is 0 Å². The third-order valence-electron chi connectivity index (χ3n) is 2.31. The molecule has 1 aromatic rings. The molecule has 80 valence electrons. The summed E-state index contributed by atoms with van der Waals surface area (Å²) in [5.41, 5.74) is 0. The highest BCUT2D eigenvalue weighted by Crippen LogP contribution is 2.04. The lowest BCUT2D eigenvalue weighted by Gasteiger charge is -2.30. The van der Waals surface area contributed by atoms with Gasteiger partial charge in [-0.05, 0) is 38.1 Å². The van der Waals surface area contributed by atoms with Crippen LogP contribution in [-0.2, 0) is 6.54 Å². The SMILES string of the molecule is CC(C)N(CCn1cnnn1)C(C)C. The summed E-state index contributed by atoms with van der Waals surface area (Å²) in [6.07, 6.45) is 1.65. The van der Waals surface area contributed by atoms with Gasteiger partial charge in [0.1, 0.15) is 6.33 Å². The van der Waals surface area contributed by atoms with Gasteiger partial charge in [0.15, 0.2) is 0 Å². The quantitative estimate of drug-likeness (QED) is 0.700. The highest BCUT2D eigenvalue weighted by Gasteiger charge is 2.12. The van der Waals surface area contributed by atoms with Crippen LogP contribution < -0.4 is 0 Å². The minimum absolute atomic E-state index is 0.562. The highest BCUT2D eigenvalue weighted by atomic mass is 15.5. The van der Waals surface area contributed by atoms with Crippen molar-refractivity contribution in [1.29, 1.82) is 0 Å². The largest absolute Gasteiger partial charge is 0.297 e. The standard InChI is InChI=1S/C9H19N5/c1-8(2)14(9(3)4)6-5-13-7-10-11-12-13/h7-9H,5-6H2,1-4H3. The van der Waals surface area contributed by atoms with E-state index in [0.29, 0.717) is 12.1 Å². The molecule has 0 radical (unpaired) electrons. The van der Waals surface area contributed by atoms with Gasteiger partial charge in [-0.3, -0.25) is 4.90 Å². The van der Waals surface area contributed by atoms with E-state index in [-0.39, 0.29) is 0 Å². The highest BCUT2D eigenvalue weighted by molar-refractivity contribution is 4.67.